The summed E-state index contributed by atoms with van der Waals surface area (Å²) >= 11 is 0. The van der Waals surface area contributed by atoms with Gasteiger partial charge in [-0.2, -0.15) is 0 Å². The first kappa shape index (κ1) is 20.2. The van der Waals surface area contributed by atoms with Gasteiger partial charge in [-0.3, -0.25) is 9.59 Å². The van der Waals surface area contributed by atoms with Crippen molar-refractivity contribution in [3.8, 4) is 11.5 Å². The van der Waals surface area contributed by atoms with Crippen LogP contribution in [0.3, 0.4) is 0 Å². The first-order valence-electron chi connectivity index (χ1n) is 9.13. The maximum absolute atomic E-state index is 13.1. The fourth-order valence-corrected chi connectivity index (χ4v) is 3.27. The van der Waals surface area contributed by atoms with E-state index >= 15 is 0 Å². The van der Waals surface area contributed by atoms with Crippen LogP contribution in [0.15, 0.2) is 52.1 Å². The molecule has 2 aromatic carbocycles. The summed E-state index contributed by atoms with van der Waals surface area (Å²) in [5.41, 5.74) is -0.347. The van der Waals surface area contributed by atoms with Crippen LogP contribution in [0.5, 0.6) is 11.5 Å². The van der Waals surface area contributed by atoms with E-state index in [2.05, 4.69) is 10.3 Å². The summed E-state index contributed by atoms with van der Waals surface area (Å²) in [5.74, 6) is 0.130. The second kappa shape index (κ2) is 8.22. The van der Waals surface area contributed by atoms with Gasteiger partial charge in [0.2, 0.25) is 5.91 Å². The maximum Gasteiger partial charge on any atom is 0.329 e. The zero-order chi connectivity index (χ0) is 21.1. The third-order valence-electron chi connectivity index (χ3n) is 4.68. The first-order chi connectivity index (χ1) is 13.9. The minimum atomic E-state index is -1.02. The summed E-state index contributed by atoms with van der Waals surface area (Å²) in [5, 5.41) is 3.10. The number of aromatic nitrogens is 2. The molecule has 1 atom stereocenters. The third kappa shape index (κ3) is 3.87. The highest BCUT2D eigenvalue weighted by Crippen LogP contribution is 2.30. The predicted molar refractivity (Wildman–Crippen MR) is 111 cm³/mol. The van der Waals surface area contributed by atoms with E-state index in [1.165, 1.54) is 14.2 Å². The minimum Gasteiger partial charge on any atom is -0.497 e. The topological polar surface area (TPSA) is 102 Å². The van der Waals surface area contributed by atoms with Crippen molar-refractivity contribution in [1.29, 1.82) is 0 Å². The molecule has 1 unspecified atom stereocenters. The molecule has 0 aliphatic carbocycles. The van der Waals surface area contributed by atoms with Gasteiger partial charge in [-0.15, -0.1) is 0 Å². The van der Waals surface area contributed by atoms with Gasteiger partial charge in [0.1, 0.15) is 17.5 Å². The van der Waals surface area contributed by atoms with Crippen LogP contribution in [0.25, 0.3) is 10.9 Å². The smallest absolute Gasteiger partial charge is 0.329 e. The van der Waals surface area contributed by atoms with Gasteiger partial charge in [0, 0.05) is 6.07 Å². The van der Waals surface area contributed by atoms with E-state index in [-0.39, 0.29) is 5.92 Å². The van der Waals surface area contributed by atoms with Crippen LogP contribution in [-0.2, 0) is 4.79 Å². The standard InChI is InChI=1S/C21H23N3O5/c1-12(2)18(19(25)22-16-11-13(28-3)9-10-17(16)29-4)24-20(26)14-7-5-6-8-15(14)23-21(24)27/h5-12,18H,1-4H3,(H,22,25)(H,23,27). The van der Waals surface area contributed by atoms with E-state index in [4.69, 9.17) is 9.47 Å². The van der Waals surface area contributed by atoms with Crippen molar-refractivity contribution in [3.05, 3.63) is 63.3 Å². The Hall–Kier alpha value is -3.55. The number of hydrogen-bond donors (Lipinski definition) is 2. The number of carbonyl (C=O) groups is 1. The molecule has 3 aromatic rings. The van der Waals surface area contributed by atoms with Crippen molar-refractivity contribution in [1.82, 2.24) is 9.55 Å². The van der Waals surface area contributed by atoms with Crippen LogP contribution in [0.2, 0.25) is 0 Å². The van der Waals surface area contributed by atoms with Crippen LogP contribution in [0.4, 0.5) is 5.69 Å². The average Bonchev–Trinajstić information content (AvgIpc) is 2.70. The molecule has 0 aliphatic rings. The zero-order valence-corrected chi connectivity index (χ0v) is 16.7. The first-order valence-corrected chi connectivity index (χ1v) is 9.13. The Kier molecular flexibility index (Phi) is 5.72. The number of methoxy groups -OCH3 is 2. The third-order valence-corrected chi connectivity index (χ3v) is 4.68. The molecule has 0 saturated carbocycles. The predicted octanol–water partition coefficient (Wildman–Crippen LogP) is 2.54. The SMILES string of the molecule is COc1ccc(OC)c(NC(=O)C(C(C)C)n2c(=O)[nH]c3ccccc3c2=O)c1. The van der Waals surface area contributed by atoms with Crippen molar-refractivity contribution in [2.45, 2.75) is 19.9 Å². The lowest BCUT2D eigenvalue weighted by atomic mass is 10.0. The molecule has 1 amide bonds. The number of H-pyrrole nitrogens is 1. The lowest BCUT2D eigenvalue weighted by molar-refractivity contribution is -0.120. The number of fused-ring (bicyclic) bond motifs is 1. The molecule has 0 spiro atoms. The van der Waals surface area contributed by atoms with Crippen LogP contribution < -0.4 is 26.0 Å². The van der Waals surface area contributed by atoms with Gasteiger partial charge >= 0.3 is 5.69 Å². The molecular formula is C21H23N3O5. The summed E-state index contributed by atoms with van der Waals surface area (Å²) in [6.45, 7) is 3.54. The minimum absolute atomic E-state index is 0.327. The highest BCUT2D eigenvalue weighted by molar-refractivity contribution is 5.95. The summed E-state index contributed by atoms with van der Waals surface area (Å²) in [6, 6.07) is 10.6. The number of nitrogens with zero attached hydrogens (tertiary/aromatic N) is 1. The van der Waals surface area contributed by atoms with Gasteiger partial charge in [-0.1, -0.05) is 26.0 Å². The Morgan fingerprint density at radius 3 is 2.45 bits per heavy atom. The van der Waals surface area contributed by atoms with E-state index in [1.807, 2.05) is 0 Å². The molecule has 3 rings (SSSR count). The second-order valence-electron chi connectivity index (χ2n) is 6.90. The quantitative estimate of drug-likeness (QED) is 0.665. The van der Waals surface area contributed by atoms with Crippen molar-refractivity contribution in [2.75, 3.05) is 19.5 Å². The Bertz CT molecular complexity index is 1160. The van der Waals surface area contributed by atoms with Gasteiger partial charge in [-0.25, -0.2) is 9.36 Å². The van der Waals surface area contributed by atoms with Crippen LogP contribution in [0.1, 0.15) is 19.9 Å². The number of carbonyl (C=O) groups excluding carboxylic acids is 1. The van der Waals surface area contributed by atoms with E-state index in [0.29, 0.717) is 28.1 Å². The fourth-order valence-electron chi connectivity index (χ4n) is 3.27. The number of amides is 1. The molecule has 0 saturated heterocycles. The summed E-state index contributed by atoms with van der Waals surface area (Å²) < 4.78 is 11.5. The van der Waals surface area contributed by atoms with Crippen molar-refractivity contribution >= 4 is 22.5 Å². The number of nitrogens with one attached hydrogen (secondary N) is 2. The average molecular weight is 397 g/mol. The van der Waals surface area contributed by atoms with E-state index in [9.17, 15) is 14.4 Å². The van der Waals surface area contributed by atoms with Crippen LogP contribution >= 0.6 is 0 Å². The molecule has 0 radical (unpaired) electrons. The highest BCUT2D eigenvalue weighted by atomic mass is 16.5. The molecule has 2 N–H and O–H groups in total. The normalized spacial score (nSPS) is 12.0. The van der Waals surface area contributed by atoms with Crippen molar-refractivity contribution < 1.29 is 14.3 Å². The van der Waals surface area contributed by atoms with Crippen LogP contribution in [-0.4, -0.2) is 29.7 Å². The number of anilines is 1. The summed E-state index contributed by atoms with van der Waals surface area (Å²) in [7, 11) is 2.99. The van der Waals surface area contributed by atoms with Gasteiger partial charge in [-0.05, 0) is 30.2 Å². The Morgan fingerprint density at radius 1 is 1.07 bits per heavy atom. The number of rotatable bonds is 6. The van der Waals surface area contributed by atoms with Crippen molar-refractivity contribution in [2.24, 2.45) is 5.92 Å². The Morgan fingerprint density at radius 2 is 1.79 bits per heavy atom. The lowest BCUT2D eigenvalue weighted by Crippen LogP contribution is -2.44. The van der Waals surface area contributed by atoms with E-state index < -0.39 is 23.2 Å². The highest BCUT2D eigenvalue weighted by Gasteiger charge is 2.28. The molecule has 0 bridgehead atoms. The largest absolute Gasteiger partial charge is 0.497 e. The van der Waals surface area contributed by atoms with Gasteiger partial charge in [0.05, 0.1) is 30.8 Å². The lowest BCUT2D eigenvalue weighted by Gasteiger charge is -2.23. The van der Waals surface area contributed by atoms with Gasteiger partial charge < -0.3 is 19.8 Å². The molecule has 1 heterocycles. The van der Waals surface area contributed by atoms with E-state index in [1.54, 1.807) is 56.3 Å². The molecule has 152 valence electrons. The maximum atomic E-state index is 13.1. The number of para-hydroxylation sites is 1. The number of ether oxygens (including phenoxy) is 2. The Labute approximate surface area is 167 Å². The zero-order valence-electron chi connectivity index (χ0n) is 16.7. The summed E-state index contributed by atoms with van der Waals surface area (Å²) in [4.78, 5) is 41.5. The Balaban J connectivity index is 2.08. The van der Waals surface area contributed by atoms with Gasteiger partial charge in [0.25, 0.3) is 5.56 Å². The number of aromatic amines is 1. The van der Waals surface area contributed by atoms with Crippen LogP contribution in [0, 0.1) is 5.92 Å². The molecule has 1 aromatic heterocycles. The fraction of sp³-hybridized carbons (Fsp3) is 0.286. The van der Waals surface area contributed by atoms with E-state index in [0.717, 1.165) is 4.57 Å². The monoisotopic (exact) mass is 397 g/mol. The summed E-state index contributed by atoms with van der Waals surface area (Å²) in [6.07, 6.45) is 0. The molecule has 8 nitrogen and oxygen atoms in total. The van der Waals surface area contributed by atoms with Gasteiger partial charge in [0.15, 0.2) is 0 Å². The molecular weight excluding hydrogens is 374 g/mol. The molecule has 0 fully saturated rings. The van der Waals surface area contributed by atoms with Crippen molar-refractivity contribution in [3.63, 3.8) is 0 Å². The molecule has 8 heteroatoms. The molecule has 29 heavy (non-hydrogen) atoms. The number of benzene rings is 2. The molecule has 0 aliphatic heterocycles. The number of hydrogen-bond acceptors (Lipinski definition) is 5. The second-order valence-corrected chi connectivity index (χ2v) is 6.90.